The molecule has 0 N–H and O–H groups in total. The van der Waals surface area contributed by atoms with E-state index in [9.17, 15) is 14.4 Å². The Morgan fingerprint density at radius 3 is 1.94 bits per heavy atom. The molecule has 194 valence electrons. The Balaban J connectivity index is 3.06. The molecule has 0 amide bonds. The monoisotopic (exact) mass is 494 g/mol. The van der Waals surface area contributed by atoms with E-state index in [-0.39, 0.29) is 36.3 Å². The summed E-state index contributed by atoms with van der Waals surface area (Å²) >= 11 is 0. The van der Waals surface area contributed by atoms with Gasteiger partial charge in [0.25, 0.3) is 0 Å². The maximum Gasteiger partial charge on any atom is 0.337 e. The molecule has 2 atom stereocenters. The van der Waals surface area contributed by atoms with Gasteiger partial charge in [0.1, 0.15) is 11.5 Å². The summed E-state index contributed by atoms with van der Waals surface area (Å²) < 4.78 is 17.5. The SMILES string of the molecule is CC(C)=CCC(C(=O)CC1=CC(=O)OC(C)(C)O1)C(=O)C[C@@H](C)O[Si](C(C)C)(C(C)C)C(C)C. The Labute approximate surface area is 207 Å². The van der Waals surface area contributed by atoms with Crippen LogP contribution in [0.3, 0.4) is 0 Å². The van der Waals surface area contributed by atoms with Crippen molar-refractivity contribution in [2.75, 3.05) is 0 Å². The molecule has 0 bridgehead atoms. The summed E-state index contributed by atoms with van der Waals surface area (Å²) in [6.07, 6.45) is 3.22. The van der Waals surface area contributed by atoms with Gasteiger partial charge in [-0.05, 0) is 43.8 Å². The van der Waals surface area contributed by atoms with Crippen molar-refractivity contribution in [1.82, 2.24) is 0 Å². The van der Waals surface area contributed by atoms with Gasteiger partial charge in [-0.3, -0.25) is 9.59 Å². The molecule has 0 aromatic heterocycles. The third kappa shape index (κ3) is 8.19. The molecule has 0 fully saturated rings. The van der Waals surface area contributed by atoms with Crippen LogP contribution in [-0.2, 0) is 28.3 Å². The van der Waals surface area contributed by atoms with Crippen LogP contribution in [0.4, 0.5) is 0 Å². The fraction of sp³-hybridized carbons (Fsp3) is 0.741. The third-order valence-corrected chi connectivity index (χ3v) is 12.7. The Morgan fingerprint density at radius 1 is 0.971 bits per heavy atom. The van der Waals surface area contributed by atoms with E-state index in [0.717, 1.165) is 5.57 Å². The molecule has 0 aromatic rings. The minimum Gasteiger partial charge on any atom is -0.456 e. The lowest BCUT2D eigenvalue weighted by molar-refractivity contribution is -0.205. The second-order valence-electron chi connectivity index (χ2n) is 11.2. The van der Waals surface area contributed by atoms with Crippen molar-refractivity contribution in [3.05, 3.63) is 23.5 Å². The number of cyclic esters (lactones) is 1. The molecule has 0 aromatic carbocycles. The molecule has 0 spiro atoms. The van der Waals surface area contributed by atoms with E-state index >= 15 is 0 Å². The maximum absolute atomic E-state index is 13.4. The molecule has 0 radical (unpaired) electrons. The van der Waals surface area contributed by atoms with Crippen molar-refractivity contribution in [3.8, 4) is 0 Å². The van der Waals surface area contributed by atoms with Crippen LogP contribution in [0.5, 0.6) is 0 Å². The zero-order valence-electron chi connectivity index (χ0n) is 23.1. The van der Waals surface area contributed by atoms with E-state index in [0.29, 0.717) is 23.0 Å². The van der Waals surface area contributed by atoms with Gasteiger partial charge in [0.2, 0.25) is 14.1 Å². The Hall–Kier alpha value is -1.73. The number of carbonyl (C=O) groups excluding carboxylic acids is 3. The van der Waals surface area contributed by atoms with Crippen LogP contribution in [0.1, 0.15) is 95.4 Å². The standard InChI is InChI=1S/C27H46O6Si/c1-17(2)12-13-23(25(29)15-22-16-26(30)32-27(10,11)31-22)24(28)14-21(9)33-34(18(3)4,19(5)6)20(7)8/h12,16,18-21,23H,13-15H2,1-11H3/t21-,23?/m1/s1. The normalized spacial score (nSPS) is 17.7. The highest BCUT2D eigenvalue weighted by atomic mass is 28.4. The summed E-state index contributed by atoms with van der Waals surface area (Å²) in [5.41, 5.74) is 2.27. The summed E-state index contributed by atoms with van der Waals surface area (Å²) in [4.78, 5) is 38.4. The number of hydrogen-bond donors (Lipinski definition) is 0. The molecular formula is C27H46O6Si. The lowest BCUT2D eigenvalue weighted by Crippen LogP contribution is -2.50. The van der Waals surface area contributed by atoms with Crippen molar-refractivity contribution in [1.29, 1.82) is 0 Å². The summed E-state index contributed by atoms with van der Waals surface area (Å²) in [6, 6.07) is 0. The summed E-state index contributed by atoms with van der Waals surface area (Å²) in [6.45, 7) is 22.3. The first-order chi connectivity index (χ1) is 15.5. The van der Waals surface area contributed by atoms with Gasteiger partial charge >= 0.3 is 5.97 Å². The highest BCUT2D eigenvalue weighted by Crippen LogP contribution is 2.43. The second-order valence-corrected chi connectivity index (χ2v) is 16.6. The van der Waals surface area contributed by atoms with Gasteiger partial charge in [-0.1, -0.05) is 53.2 Å². The van der Waals surface area contributed by atoms with E-state index in [2.05, 4.69) is 41.5 Å². The average Bonchev–Trinajstić information content (AvgIpc) is 2.63. The minimum atomic E-state index is -2.14. The van der Waals surface area contributed by atoms with E-state index in [1.165, 1.54) is 6.08 Å². The molecule has 1 aliphatic rings. The number of carbonyl (C=O) groups is 3. The quantitative estimate of drug-likeness (QED) is 0.123. The lowest BCUT2D eigenvalue weighted by Gasteiger charge is -2.44. The second kappa shape index (κ2) is 12.3. The predicted octanol–water partition coefficient (Wildman–Crippen LogP) is 6.65. The molecule has 1 unspecified atom stereocenters. The maximum atomic E-state index is 13.4. The highest BCUT2D eigenvalue weighted by molar-refractivity contribution is 6.77. The largest absolute Gasteiger partial charge is 0.456 e. The number of Topliss-reactive ketones (excluding diaryl/α,β-unsaturated/α-hetero) is 2. The van der Waals surface area contributed by atoms with Gasteiger partial charge in [-0.2, -0.15) is 0 Å². The van der Waals surface area contributed by atoms with Gasteiger partial charge in [-0.25, -0.2) is 4.79 Å². The van der Waals surface area contributed by atoms with Gasteiger partial charge < -0.3 is 13.9 Å². The fourth-order valence-corrected chi connectivity index (χ4v) is 10.8. The van der Waals surface area contributed by atoms with Crippen molar-refractivity contribution in [2.45, 2.75) is 124 Å². The number of ketones is 2. The Bertz CT molecular complexity index is 780. The van der Waals surface area contributed by atoms with Crippen molar-refractivity contribution >= 4 is 25.9 Å². The molecular weight excluding hydrogens is 448 g/mol. The zero-order valence-corrected chi connectivity index (χ0v) is 24.1. The Morgan fingerprint density at radius 2 is 1.50 bits per heavy atom. The number of ether oxygens (including phenoxy) is 2. The highest BCUT2D eigenvalue weighted by Gasteiger charge is 2.46. The third-order valence-electron chi connectivity index (χ3n) is 6.49. The van der Waals surface area contributed by atoms with Crippen molar-refractivity contribution < 1.29 is 28.3 Å². The average molecular weight is 495 g/mol. The van der Waals surface area contributed by atoms with Gasteiger partial charge in [-0.15, -0.1) is 0 Å². The van der Waals surface area contributed by atoms with Crippen LogP contribution < -0.4 is 0 Å². The zero-order chi connectivity index (χ0) is 26.4. The molecule has 1 heterocycles. The van der Waals surface area contributed by atoms with Crippen molar-refractivity contribution in [3.63, 3.8) is 0 Å². The smallest absolute Gasteiger partial charge is 0.337 e. The van der Waals surface area contributed by atoms with Crippen molar-refractivity contribution in [2.24, 2.45) is 5.92 Å². The number of hydrogen-bond acceptors (Lipinski definition) is 6. The first-order valence-electron chi connectivity index (χ1n) is 12.5. The summed E-state index contributed by atoms with van der Waals surface area (Å²) in [7, 11) is -2.14. The summed E-state index contributed by atoms with van der Waals surface area (Å²) in [5, 5.41) is 0. The van der Waals surface area contributed by atoms with Crippen LogP contribution in [-0.4, -0.2) is 37.7 Å². The molecule has 1 rings (SSSR count). The molecule has 1 aliphatic heterocycles. The predicted molar refractivity (Wildman–Crippen MR) is 138 cm³/mol. The first-order valence-corrected chi connectivity index (χ1v) is 14.6. The van der Waals surface area contributed by atoms with E-state index in [1.54, 1.807) is 13.8 Å². The molecule has 0 aliphatic carbocycles. The molecule has 7 heteroatoms. The van der Waals surface area contributed by atoms with E-state index in [4.69, 9.17) is 13.9 Å². The van der Waals surface area contributed by atoms with Crippen LogP contribution >= 0.6 is 0 Å². The minimum absolute atomic E-state index is 0.122. The number of rotatable bonds is 13. The summed E-state index contributed by atoms with van der Waals surface area (Å²) in [5.74, 6) is -2.65. The van der Waals surface area contributed by atoms with Crippen LogP contribution in [0, 0.1) is 5.92 Å². The van der Waals surface area contributed by atoms with Crippen LogP contribution in [0.15, 0.2) is 23.5 Å². The van der Waals surface area contributed by atoms with Crippen LogP contribution in [0.25, 0.3) is 0 Å². The van der Waals surface area contributed by atoms with E-state index < -0.39 is 26.0 Å². The first kappa shape index (κ1) is 30.3. The van der Waals surface area contributed by atoms with E-state index in [1.807, 2.05) is 26.8 Å². The van der Waals surface area contributed by atoms with Gasteiger partial charge in [0.15, 0.2) is 5.78 Å². The fourth-order valence-electron chi connectivity index (χ4n) is 5.17. The van der Waals surface area contributed by atoms with Crippen LogP contribution in [0.2, 0.25) is 16.6 Å². The molecule has 34 heavy (non-hydrogen) atoms. The van der Waals surface area contributed by atoms with Gasteiger partial charge in [0.05, 0.1) is 18.4 Å². The number of esters is 1. The molecule has 6 nitrogen and oxygen atoms in total. The molecule has 0 saturated heterocycles. The van der Waals surface area contributed by atoms with Gasteiger partial charge in [0, 0.05) is 26.4 Å². The topological polar surface area (TPSA) is 78.9 Å². The lowest BCUT2D eigenvalue weighted by atomic mass is 9.89. The molecule has 0 saturated carbocycles. The Kier molecular flexibility index (Phi) is 11.0. The number of allylic oxidation sites excluding steroid dienone is 3.